The molecule has 1 unspecified atom stereocenters. The Morgan fingerprint density at radius 2 is 1.78 bits per heavy atom. The minimum Gasteiger partial charge on any atom is -0.295 e. The SMILES string of the molecule is C=C(/N=C\C(=C/C)CC)N(C(=O)CC)C(C)CCCCC.CC. The van der Waals surface area contributed by atoms with Crippen LogP contribution in [-0.4, -0.2) is 23.1 Å². The Hall–Kier alpha value is -1.38. The third-order valence-electron chi connectivity index (χ3n) is 3.67. The van der Waals surface area contributed by atoms with Crippen molar-refractivity contribution in [3.8, 4) is 0 Å². The van der Waals surface area contributed by atoms with E-state index in [9.17, 15) is 4.79 Å². The first kappa shape index (κ1) is 23.9. The van der Waals surface area contributed by atoms with E-state index < -0.39 is 0 Å². The number of rotatable bonds is 10. The van der Waals surface area contributed by atoms with Crippen LogP contribution in [0.1, 0.15) is 87.0 Å². The number of allylic oxidation sites excluding steroid dienone is 2. The van der Waals surface area contributed by atoms with Gasteiger partial charge in [0.2, 0.25) is 5.91 Å². The lowest BCUT2D eigenvalue weighted by Crippen LogP contribution is -2.36. The van der Waals surface area contributed by atoms with Crippen molar-refractivity contribution in [2.75, 3.05) is 0 Å². The second-order valence-electron chi connectivity index (χ2n) is 5.35. The molecule has 0 aromatic rings. The van der Waals surface area contributed by atoms with E-state index in [1.807, 2.05) is 40.0 Å². The Kier molecular flexibility index (Phi) is 16.1. The lowest BCUT2D eigenvalue weighted by atomic mass is 10.1. The van der Waals surface area contributed by atoms with Gasteiger partial charge >= 0.3 is 0 Å². The summed E-state index contributed by atoms with van der Waals surface area (Å²) in [6.45, 7) is 18.2. The van der Waals surface area contributed by atoms with E-state index in [2.05, 4.69) is 32.3 Å². The Morgan fingerprint density at radius 1 is 1.17 bits per heavy atom. The minimum atomic E-state index is 0.0969. The van der Waals surface area contributed by atoms with Gasteiger partial charge in [0.25, 0.3) is 0 Å². The second kappa shape index (κ2) is 15.5. The van der Waals surface area contributed by atoms with Crippen LogP contribution >= 0.6 is 0 Å². The quantitative estimate of drug-likeness (QED) is 0.352. The highest BCUT2D eigenvalue weighted by Crippen LogP contribution is 2.17. The Labute approximate surface area is 144 Å². The van der Waals surface area contributed by atoms with Gasteiger partial charge in [-0.25, -0.2) is 4.99 Å². The summed E-state index contributed by atoms with van der Waals surface area (Å²) in [6.07, 6.45) is 9.79. The lowest BCUT2D eigenvalue weighted by molar-refractivity contribution is -0.130. The second-order valence-corrected chi connectivity index (χ2v) is 5.35. The summed E-state index contributed by atoms with van der Waals surface area (Å²) in [4.78, 5) is 18.3. The summed E-state index contributed by atoms with van der Waals surface area (Å²) in [5.41, 5.74) is 1.15. The predicted octanol–water partition coefficient (Wildman–Crippen LogP) is 6.12. The van der Waals surface area contributed by atoms with Crippen LogP contribution in [0.3, 0.4) is 0 Å². The molecule has 0 fully saturated rings. The predicted molar refractivity (Wildman–Crippen MR) is 104 cm³/mol. The van der Waals surface area contributed by atoms with E-state index in [0.717, 1.165) is 24.8 Å². The van der Waals surface area contributed by atoms with Crippen molar-refractivity contribution in [2.24, 2.45) is 4.99 Å². The van der Waals surface area contributed by atoms with Crippen LogP contribution in [0.25, 0.3) is 0 Å². The van der Waals surface area contributed by atoms with Gasteiger partial charge in [-0.15, -0.1) is 0 Å². The van der Waals surface area contributed by atoms with Gasteiger partial charge in [0.1, 0.15) is 5.82 Å². The van der Waals surface area contributed by atoms with Gasteiger partial charge in [-0.1, -0.05) is 66.5 Å². The number of carbonyl (C=O) groups excluding carboxylic acids is 1. The molecular weight excluding hydrogens is 284 g/mol. The topological polar surface area (TPSA) is 32.7 Å². The van der Waals surface area contributed by atoms with Gasteiger partial charge in [-0.3, -0.25) is 9.69 Å². The lowest BCUT2D eigenvalue weighted by Gasteiger charge is -2.28. The number of aliphatic imine (C=N–C) groups is 1. The highest BCUT2D eigenvalue weighted by atomic mass is 16.2. The molecule has 0 saturated carbocycles. The third-order valence-corrected chi connectivity index (χ3v) is 3.67. The number of unbranched alkanes of at least 4 members (excludes halogenated alkanes) is 2. The molecule has 0 heterocycles. The largest absolute Gasteiger partial charge is 0.295 e. The van der Waals surface area contributed by atoms with Gasteiger partial charge in [0.15, 0.2) is 0 Å². The summed E-state index contributed by atoms with van der Waals surface area (Å²) in [6, 6.07) is 0.157. The summed E-state index contributed by atoms with van der Waals surface area (Å²) in [7, 11) is 0. The summed E-state index contributed by atoms with van der Waals surface area (Å²) in [5, 5.41) is 0. The highest BCUT2D eigenvalue weighted by molar-refractivity contribution is 5.81. The van der Waals surface area contributed by atoms with Crippen LogP contribution in [0.2, 0.25) is 0 Å². The van der Waals surface area contributed by atoms with Gasteiger partial charge in [-0.05, 0) is 32.3 Å². The molecule has 23 heavy (non-hydrogen) atoms. The standard InChI is InChI=1S/C18H32N2O.C2H6/c1-7-11-12-13-15(5)20(18(21)10-4)16(6)19-14-17(8-2)9-3;1-2/h8,14-15H,6-7,9-13H2,1-5H3;1-2H3/b17-8-,19-14-;. The van der Waals surface area contributed by atoms with Crippen molar-refractivity contribution in [3.63, 3.8) is 0 Å². The maximum atomic E-state index is 12.2. The first-order chi connectivity index (χ1) is 11.0. The van der Waals surface area contributed by atoms with Gasteiger partial charge in [0.05, 0.1) is 0 Å². The van der Waals surface area contributed by atoms with Crippen LogP contribution in [0.15, 0.2) is 29.0 Å². The molecule has 0 spiro atoms. The summed E-state index contributed by atoms with van der Waals surface area (Å²) < 4.78 is 0. The minimum absolute atomic E-state index is 0.0969. The van der Waals surface area contributed by atoms with Crippen LogP contribution in [0.5, 0.6) is 0 Å². The van der Waals surface area contributed by atoms with Crippen LogP contribution < -0.4 is 0 Å². The molecule has 1 amide bonds. The maximum absolute atomic E-state index is 12.2. The molecule has 0 rings (SSSR count). The van der Waals surface area contributed by atoms with E-state index in [0.29, 0.717) is 12.2 Å². The molecule has 0 saturated heterocycles. The van der Waals surface area contributed by atoms with E-state index in [4.69, 9.17) is 0 Å². The van der Waals surface area contributed by atoms with Crippen molar-refractivity contribution < 1.29 is 4.79 Å². The van der Waals surface area contributed by atoms with E-state index >= 15 is 0 Å². The number of hydrogen-bond donors (Lipinski definition) is 0. The number of carbonyl (C=O) groups is 1. The van der Waals surface area contributed by atoms with E-state index in [1.165, 1.54) is 12.8 Å². The number of hydrogen-bond acceptors (Lipinski definition) is 2. The van der Waals surface area contributed by atoms with Gasteiger partial charge in [-0.2, -0.15) is 0 Å². The zero-order valence-electron chi connectivity index (χ0n) is 16.5. The van der Waals surface area contributed by atoms with Gasteiger partial charge in [0, 0.05) is 18.7 Å². The van der Waals surface area contributed by atoms with Crippen LogP contribution in [0.4, 0.5) is 0 Å². The van der Waals surface area contributed by atoms with Crippen molar-refractivity contribution in [3.05, 3.63) is 24.0 Å². The maximum Gasteiger partial charge on any atom is 0.228 e. The molecule has 0 N–H and O–H groups in total. The zero-order valence-corrected chi connectivity index (χ0v) is 16.5. The first-order valence-electron chi connectivity index (χ1n) is 9.21. The highest BCUT2D eigenvalue weighted by Gasteiger charge is 2.20. The summed E-state index contributed by atoms with van der Waals surface area (Å²) >= 11 is 0. The van der Waals surface area contributed by atoms with Crippen molar-refractivity contribution in [2.45, 2.75) is 93.0 Å². The number of amides is 1. The van der Waals surface area contributed by atoms with Crippen LogP contribution in [0, 0.1) is 0 Å². The first-order valence-corrected chi connectivity index (χ1v) is 9.21. The fraction of sp³-hybridized carbons (Fsp3) is 0.700. The smallest absolute Gasteiger partial charge is 0.228 e. The van der Waals surface area contributed by atoms with E-state index in [1.54, 1.807) is 4.90 Å². The number of nitrogens with zero attached hydrogens (tertiary/aromatic N) is 2. The molecule has 0 aliphatic rings. The fourth-order valence-electron chi connectivity index (χ4n) is 2.22. The van der Waals surface area contributed by atoms with Gasteiger partial charge < -0.3 is 0 Å². The molecule has 3 heteroatoms. The Morgan fingerprint density at radius 3 is 2.22 bits per heavy atom. The van der Waals surface area contributed by atoms with Crippen molar-refractivity contribution in [1.29, 1.82) is 0 Å². The third kappa shape index (κ3) is 10.1. The van der Waals surface area contributed by atoms with Crippen LogP contribution in [-0.2, 0) is 4.79 Å². The average Bonchev–Trinajstić information content (AvgIpc) is 2.57. The molecule has 134 valence electrons. The molecular formula is C20H38N2O. The Balaban J connectivity index is 0. The van der Waals surface area contributed by atoms with Crippen molar-refractivity contribution in [1.82, 2.24) is 4.90 Å². The molecule has 0 bridgehead atoms. The molecule has 0 aromatic carbocycles. The molecule has 1 atom stereocenters. The summed E-state index contributed by atoms with van der Waals surface area (Å²) in [5.74, 6) is 0.651. The average molecular weight is 323 g/mol. The Bertz CT molecular complexity index is 383. The van der Waals surface area contributed by atoms with Crippen molar-refractivity contribution >= 4 is 12.1 Å². The normalized spacial score (nSPS) is 12.6. The molecule has 0 radical (unpaired) electrons. The molecule has 0 aliphatic heterocycles. The molecule has 0 aliphatic carbocycles. The zero-order chi connectivity index (χ0) is 18.3. The fourth-order valence-corrected chi connectivity index (χ4v) is 2.22. The molecule has 0 aromatic heterocycles. The monoisotopic (exact) mass is 322 g/mol. The molecule has 3 nitrogen and oxygen atoms in total. The van der Waals surface area contributed by atoms with E-state index in [-0.39, 0.29) is 11.9 Å².